The maximum atomic E-state index is 4.61. The molecule has 0 aromatic carbocycles. The number of hydrogen-bond acceptors (Lipinski definition) is 3. The molecule has 2 heterocycles. The summed E-state index contributed by atoms with van der Waals surface area (Å²) in [5.74, 6) is 0. The van der Waals surface area contributed by atoms with Gasteiger partial charge in [0.05, 0.1) is 11.4 Å². The summed E-state index contributed by atoms with van der Waals surface area (Å²) >= 11 is 1.72. The van der Waals surface area contributed by atoms with E-state index >= 15 is 0 Å². The van der Waals surface area contributed by atoms with Crippen molar-refractivity contribution in [3.8, 4) is 0 Å². The number of fused-ring (bicyclic) bond motifs is 1. The first-order valence-corrected chi connectivity index (χ1v) is 6.94. The lowest BCUT2D eigenvalue weighted by Crippen LogP contribution is -2.26. The average molecular weight is 247 g/mol. The van der Waals surface area contributed by atoms with Crippen LogP contribution in [0.4, 0.5) is 0 Å². The molecule has 0 bridgehead atoms. The summed E-state index contributed by atoms with van der Waals surface area (Å²) < 4.78 is 2.27. The summed E-state index contributed by atoms with van der Waals surface area (Å²) in [6.07, 6.45) is 6.83. The number of nitrogens with zero attached hydrogens (tertiary/aromatic N) is 2. The first kappa shape index (κ1) is 11.0. The minimum absolute atomic E-state index is 0.610. The van der Waals surface area contributed by atoms with Crippen LogP contribution >= 0.6 is 11.3 Å². The Hall–Kier alpha value is -1.13. The van der Waals surface area contributed by atoms with E-state index in [1.165, 1.54) is 11.4 Å². The standard InChI is InChI=1S/C13H17N3S/c1-9-8-17-13-15-10(2)12(16(9)13)7-14-11-5-3-4-6-11/h3-4,8,11,14H,5-7H2,1-2H3. The van der Waals surface area contributed by atoms with E-state index in [2.05, 4.69) is 46.1 Å². The summed E-state index contributed by atoms with van der Waals surface area (Å²) in [7, 11) is 0. The Labute approximate surface area is 105 Å². The van der Waals surface area contributed by atoms with Gasteiger partial charge in [0.25, 0.3) is 0 Å². The maximum Gasteiger partial charge on any atom is 0.194 e. The quantitative estimate of drug-likeness (QED) is 0.845. The third-order valence-corrected chi connectivity index (χ3v) is 4.34. The summed E-state index contributed by atoms with van der Waals surface area (Å²) in [5.41, 5.74) is 3.75. The highest BCUT2D eigenvalue weighted by atomic mass is 32.1. The lowest BCUT2D eigenvalue weighted by Gasteiger charge is -2.12. The second-order valence-corrected chi connectivity index (χ2v) is 5.50. The molecule has 1 aliphatic rings. The zero-order chi connectivity index (χ0) is 11.8. The van der Waals surface area contributed by atoms with Gasteiger partial charge in [-0.05, 0) is 26.7 Å². The molecule has 2 aromatic heterocycles. The molecule has 0 amide bonds. The third-order valence-electron chi connectivity index (χ3n) is 3.40. The minimum atomic E-state index is 0.610. The van der Waals surface area contributed by atoms with Crippen LogP contribution < -0.4 is 5.32 Å². The van der Waals surface area contributed by atoms with Gasteiger partial charge in [0.1, 0.15) is 0 Å². The molecule has 0 saturated carbocycles. The van der Waals surface area contributed by atoms with E-state index in [0.29, 0.717) is 6.04 Å². The molecule has 4 heteroatoms. The highest BCUT2D eigenvalue weighted by molar-refractivity contribution is 7.15. The fourth-order valence-corrected chi connectivity index (χ4v) is 3.33. The van der Waals surface area contributed by atoms with Gasteiger partial charge < -0.3 is 5.32 Å². The SMILES string of the molecule is Cc1nc2scc(C)n2c1CNC1CC=CC1. The molecule has 0 saturated heterocycles. The Morgan fingerprint density at radius 2 is 2.18 bits per heavy atom. The Balaban J connectivity index is 1.83. The molecule has 2 aromatic rings. The van der Waals surface area contributed by atoms with Crippen LogP contribution in [0.3, 0.4) is 0 Å². The second-order valence-electron chi connectivity index (χ2n) is 4.66. The monoisotopic (exact) mass is 247 g/mol. The van der Waals surface area contributed by atoms with Crippen molar-refractivity contribution >= 4 is 16.3 Å². The number of imidazole rings is 1. The van der Waals surface area contributed by atoms with E-state index in [-0.39, 0.29) is 0 Å². The molecule has 0 radical (unpaired) electrons. The normalized spacial score (nSPS) is 16.4. The van der Waals surface area contributed by atoms with Crippen molar-refractivity contribution in [2.45, 2.75) is 39.3 Å². The number of hydrogen-bond donors (Lipinski definition) is 1. The molecule has 0 spiro atoms. The number of thiazole rings is 1. The molecule has 0 atom stereocenters. The summed E-state index contributed by atoms with van der Waals surface area (Å²) in [6.45, 7) is 5.16. The van der Waals surface area contributed by atoms with Gasteiger partial charge in [0.15, 0.2) is 4.96 Å². The first-order chi connectivity index (χ1) is 8.25. The largest absolute Gasteiger partial charge is 0.308 e. The predicted octanol–water partition coefficient (Wildman–Crippen LogP) is 2.82. The van der Waals surface area contributed by atoms with E-state index in [4.69, 9.17) is 0 Å². The molecular formula is C13H17N3S. The Morgan fingerprint density at radius 3 is 2.94 bits per heavy atom. The highest BCUT2D eigenvalue weighted by Crippen LogP contribution is 2.21. The van der Waals surface area contributed by atoms with Gasteiger partial charge >= 0.3 is 0 Å². The van der Waals surface area contributed by atoms with Crippen LogP contribution in [0.15, 0.2) is 17.5 Å². The van der Waals surface area contributed by atoms with Gasteiger partial charge in [0.2, 0.25) is 0 Å². The first-order valence-electron chi connectivity index (χ1n) is 6.06. The fourth-order valence-electron chi connectivity index (χ4n) is 2.40. The van der Waals surface area contributed by atoms with Gasteiger partial charge in [-0.1, -0.05) is 12.2 Å². The van der Waals surface area contributed by atoms with Crippen LogP contribution in [0, 0.1) is 13.8 Å². The van der Waals surface area contributed by atoms with Crippen LogP contribution in [-0.2, 0) is 6.54 Å². The molecule has 0 fully saturated rings. The molecule has 3 nitrogen and oxygen atoms in total. The average Bonchev–Trinajstić information content (AvgIpc) is 2.97. The van der Waals surface area contributed by atoms with Gasteiger partial charge in [0, 0.05) is 23.7 Å². The topological polar surface area (TPSA) is 29.3 Å². The van der Waals surface area contributed by atoms with Crippen molar-refractivity contribution in [1.29, 1.82) is 0 Å². The minimum Gasteiger partial charge on any atom is -0.308 e. The smallest absolute Gasteiger partial charge is 0.194 e. The van der Waals surface area contributed by atoms with Gasteiger partial charge in [-0.2, -0.15) is 0 Å². The Morgan fingerprint density at radius 1 is 1.41 bits per heavy atom. The number of rotatable bonds is 3. The lowest BCUT2D eigenvalue weighted by molar-refractivity contribution is 0.530. The van der Waals surface area contributed by atoms with Crippen LogP contribution in [0.25, 0.3) is 4.96 Å². The van der Waals surface area contributed by atoms with Gasteiger partial charge in [-0.15, -0.1) is 11.3 Å². The van der Waals surface area contributed by atoms with Crippen LogP contribution in [0.5, 0.6) is 0 Å². The van der Waals surface area contributed by atoms with Crippen molar-refractivity contribution in [2.75, 3.05) is 0 Å². The molecule has 90 valence electrons. The van der Waals surface area contributed by atoms with E-state index in [0.717, 1.165) is 30.0 Å². The molecule has 3 rings (SSSR count). The van der Waals surface area contributed by atoms with Crippen LogP contribution in [-0.4, -0.2) is 15.4 Å². The van der Waals surface area contributed by atoms with Crippen molar-refractivity contribution in [3.05, 3.63) is 34.6 Å². The van der Waals surface area contributed by atoms with Crippen molar-refractivity contribution in [2.24, 2.45) is 0 Å². The molecule has 1 N–H and O–H groups in total. The number of nitrogens with one attached hydrogen (secondary N) is 1. The molecular weight excluding hydrogens is 230 g/mol. The van der Waals surface area contributed by atoms with Gasteiger partial charge in [-0.25, -0.2) is 4.98 Å². The number of aromatic nitrogens is 2. The van der Waals surface area contributed by atoms with Gasteiger partial charge in [-0.3, -0.25) is 4.40 Å². The summed E-state index contributed by atoms with van der Waals surface area (Å²) in [5, 5.41) is 5.78. The molecule has 17 heavy (non-hydrogen) atoms. The van der Waals surface area contributed by atoms with Crippen LogP contribution in [0.1, 0.15) is 29.9 Å². The fraction of sp³-hybridized carbons (Fsp3) is 0.462. The summed E-state index contributed by atoms with van der Waals surface area (Å²) in [6, 6.07) is 0.610. The van der Waals surface area contributed by atoms with Crippen LogP contribution in [0.2, 0.25) is 0 Å². The number of aryl methyl sites for hydroxylation is 2. The van der Waals surface area contributed by atoms with E-state index in [1.807, 2.05) is 0 Å². The zero-order valence-electron chi connectivity index (χ0n) is 10.2. The molecule has 0 aliphatic heterocycles. The van der Waals surface area contributed by atoms with E-state index < -0.39 is 0 Å². The van der Waals surface area contributed by atoms with Crippen molar-refractivity contribution < 1.29 is 0 Å². The van der Waals surface area contributed by atoms with E-state index in [9.17, 15) is 0 Å². The molecule has 0 unspecified atom stereocenters. The van der Waals surface area contributed by atoms with Crippen molar-refractivity contribution in [3.63, 3.8) is 0 Å². The zero-order valence-corrected chi connectivity index (χ0v) is 11.0. The maximum absolute atomic E-state index is 4.61. The summed E-state index contributed by atoms with van der Waals surface area (Å²) in [4.78, 5) is 5.72. The molecule has 1 aliphatic carbocycles. The predicted molar refractivity (Wildman–Crippen MR) is 71.5 cm³/mol. The highest BCUT2D eigenvalue weighted by Gasteiger charge is 2.14. The van der Waals surface area contributed by atoms with Crippen molar-refractivity contribution in [1.82, 2.24) is 14.7 Å². The lowest BCUT2D eigenvalue weighted by atomic mass is 10.2. The van der Waals surface area contributed by atoms with E-state index in [1.54, 1.807) is 11.3 Å². The Bertz CT molecular complexity index is 556. The second kappa shape index (κ2) is 4.27. The Kier molecular flexibility index (Phi) is 2.76. The third kappa shape index (κ3) is 1.91.